The molecule has 0 saturated carbocycles. The molecule has 1 amide bonds. The molecule has 9 nitrogen and oxygen atoms in total. The Kier molecular flexibility index (Phi) is 6.58. The van der Waals surface area contributed by atoms with E-state index in [1.54, 1.807) is 30.6 Å². The quantitative estimate of drug-likeness (QED) is 0.587. The zero-order valence-corrected chi connectivity index (χ0v) is 16.5. The van der Waals surface area contributed by atoms with Gasteiger partial charge in [0.05, 0.1) is 24.4 Å². The molecule has 1 N–H and O–H groups in total. The normalized spacial score (nSPS) is 15.5. The highest BCUT2D eigenvalue weighted by Crippen LogP contribution is 2.30. The summed E-state index contributed by atoms with van der Waals surface area (Å²) in [5, 5.41) is 2.89. The van der Waals surface area contributed by atoms with Crippen LogP contribution in [-0.4, -0.2) is 58.4 Å². The number of carbonyl (C=O) groups is 1. The molecule has 1 fully saturated rings. The molecule has 1 saturated heterocycles. The number of carbonyl (C=O) groups excluding carboxylic acids is 1. The summed E-state index contributed by atoms with van der Waals surface area (Å²) in [6.45, 7) is 0.445. The van der Waals surface area contributed by atoms with E-state index in [1.165, 1.54) is 18.6 Å². The predicted octanol–water partition coefficient (Wildman–Crippen LogP) is 2.59. The van der Waals surface area contributed by atoms with Gasteiger partial charge in [-0.1, -0.05) is 0 Å². The maximum absolute atomic E-state index is 12.4. The van der Waals surface area contributed by atoms with Gasteiger partial charge in [-0.05, 0) is 24.6 Å². The number of rotatable bonds is 8. The minimum atomic E-state index is -0.620. The molecule has 0 spiro atoms. The largest absolute Gasteiger partial charge is 0.485 e. The Labute approximate surface area is 177 Å². The molecule has 31 heavy (non-hydrogen) atoms. The van der Waals surface area contributed by atoms with Crippen molar-refractivity contribution in [2.24, 2.45) is 0 Å². The predicted molar refractivity (Wildman–Crippen MR) is 108 cm³/mol. The van der Waals surface area contributed by atoms with E-state index in [0.717, 1.165) is 6.42 Å². The minimum absolute atomic E-state index is 0.00979. The van der Waals surface area contributed by atoms with Crippen LogP contribution < -0.4 is 14.8 Å². The number of hydrogen-bond acceptors (Lipinski definition) is 8. The molecule has 0 aliphatic carbocycles. The molecule has 3 aromatic heterocycles. The first-order valence-corrected chi connectivity index (χ1v) is 9.70. The number of amides is 1. The van der Waals surface area contributed by atoms with Crippen LogP contribution in [0.1, 0.15) is 16.8 Å². The van der Waals surface area contributed by atoms with Crippen molar-refractivity contribution in [1.82, 2.24) is 25.3 Å². The van der Waals surface area contributed by atoms with Crippen LogP contribution in [0.15, 0.2) is 49.2 Å². The standard InChI is InChI=1S/C21H20FN5O4/c22-4-7-30-18-2-1-5-24-21(18)31-17-8-14(9-23-12-17)19-25-10-15(11-26-19)20(28)27-16-3-6-29-13-16/h1-2,5,8-12,16H,3-4,6-7,13H2,(H,27,28). The second kappa shape index (κ2) is 9.90. The summed E-state index contributed by atoms with van der Waals surface area (Å²) in [5.41, 5.74) is 0.954. The fourth-order valence-corrected chi connectivity index (χ4v) is 2.93. The van der Waals surface area contributed by atoms with Crippen LogP contribution in [-0.2, 0) is 4.74 Å². The van der Waals surface area contributed by atoms with E-state index in [1.807, 2.05) is 0 Å². The van der Waals surface area contributed by atoms with Gasteiger partial charge in [0.15, 0.2) is 11.6 Å². The third-order valence-electron chi connectivity index (χ3n) is 4.44. The number of hydrogen-bond donors (Lipinski definition) is 1. The number of alkyl halides is 1. The molecule has 1 unspecified atom stereocenters. The van der Waals surface area contributed by atoms with E-state index in [4.69, 9.17) is 14.2 Å². The van der Waals surface area contributed by atoms with E-state index >= 15 is 0 Å². The Morgan fingerprint density at radius 3 is 2.87 bits per heavy atom. The van der Waals surface area contributed by atoms with Gasteiger partial charge in [-0.25, -0.2) is 19.3 Å². The number of nitrogens with one attached hydrogen (secondary N) is 1. The Morgan fingerprint density at radius 2 is 2.10 bits per heavy atom. The second-order valence-corrected chi connectivity index (χ2v) is 6.68. The third kappa shape index (κ3) is 5.28. The Hall–Kier alpha value is -3.66. The van der Waals surface area contributed by atoms with Gasteiger partial charge in [-0.15, -0.1) is 0 Å². The molecule has 0 radical (unpaired) electrons. The van der Waals surface area contributed by atoms with Crippen molar-refractivity contribution in [3.63, 3.8) is 0 Å². The molecule has 4 heterocycles. The highest BCUT2D eigenvalue weighted by atomic mass is 19.1. The van der Waals surface area contributed by atoms with Crippen molar-refractivity contribution in [2.75, 3.05) is 26.5 Å². The summed E-state index contributed by atoms with van der Waals surface area (Å²) in [5.74, 6) is 1.04. The zero-order valence-electron chi connectivity index (χ0n) is 16.5. The van der Waals surface area contributed by atoms with Crippen LogP contribution >= 0.6 is 0 Å². The molecule has 0 aromatic carbocycles. The monoisotopic (exact) mass is 425 g/mol. The van der Waals surface area contributed by atoms with Crippen LogP contribution in [0.4, 0.5) is 4.39 Å². The summed E-state index contributed by atoms with van der Waals surface area (Å²) in [6.07, 6.45) is 8.34. The van der Waals surface area contributed by atoms with Crippen LogP contribution in [0.25, 0.3) is 11.4 Å². The average molecular weight is 425 g/mol. The van der Waals surface area contributed by atoms with E-state index in [-0.39, 0.29) is 24.4 Å². The highest BCUT2D eigenvalue weighted by molar-refractivity contribution is 5.93. The number of pyridine rings is 2. The van der Waals surface area contributed by atoms with Crippen molar-refractivity contribution in [3.8, 4) is 28.8 Å². The molecule has 160 valence electrons. The maximum atomic E-state index is 12.4. The zero-order chi connectivity index (χ0) is 21.5. The van der Waals surface area contributed by atoms with Gasteiger partial charge in [-0.2, -0.15) is 0 Å². The summed E-state index contributed by atoms with van der Waals surface area (Å²) >= 11 is 0. The molecular formula is C21H20FN5O4. The van der Waals surface area contributed by atoms with Gasteiger partial charge in [0.2, 0.25) is 0 Å². The first kappa shape index (κ1) is 20.6. The summed E-state index contributed by atoms with van der Waals surface area (Å²) in [7, 11) is 0. The Balaban J connectivity index is 1.46. The highest BCUT2D eigenvalue weighted by Gasteiger charge is 2.19. The van der Waals surface area contributed by atoms with Crippen LogP contribution in [0, 0.1) is 0 Å². The number of aromatic nitrogens is 4. The van der Waals surface area contributed by atoms with E-state index in [9.17, 15) is 9.18 Å². The van der Waals surface area contributed by atoms with Gasteiger partial charge in [0.25, 0.3) is 11.8 Å². The lowest BCUT2D eigenvalue weighted by molar-refractivity contribution is 0.0929. The molecular weight excluding hydrogens is 405 g/mol. The van der Waals surface area contributed by atoms with Crippen molar-refractivity contribution >= 4 is 5.91 Å². The fourth-order valence-electron chi connectivity index (χ4n) is 2.93. The molecule has 1 aliphatic rings. The number of halogens is 1. The van der Waals surface area contributed by atoms with Gasteiger partial charge in [0.1, 0.15) is 19.0 Å². The fraction of sp³-hybridized carbons (Fsp3) is 0.286. The van der Waals surface area contributed by atoms with E-state index in [0.29, 0.717) is 41.7 Å². The van der Waals surface area contributed by atoms with Crippen molar-refractivity contribution in [1.29, 1.82) is 0 Å². The topological polar surface area (TPSA) is 108 Å². The van der Waals surface area contributed by atoms with E-state index in [2.05, 4.69) is 25.3 Å². The molecule has 3 aromatic rings. The molecule has 1 aliphatic heterocycles. The summed E-state index contributed by atoms with van der Waals surface area (Å²) in [4.78, 5) is 29.1. The molecule has 4 rings (SSSR count). The van der Waals surface area contributed by atoms with Crippen LogP contribution in [0.3, 0.4) is 0 Å². The summed E-state index contributed by atoms with van der Waals surface area (Å²) < 4.78 is 28.7. The van der Waals surface area contributed by atoms with Gasteiger partial charge in [0, 0.05) is 37.0 Å². The average Bonchev–Trinajstić information content (AvgIpc) is 3.32. The lowest BCUT2D eigenvalue weighted by atomic mass is 10.2. The van der Waals surface area contributed by atoms with Crippen LogP contribution in [0.5, 0.6) is 17.4 Å². The molecule has 1 atom stereocenters. The Bertz CT molecular complexity index is 1030. The smallest absolute Gasteiger partial charge is 0.262 e. The van der Waals surface area contributed by atoms with Crippen LogP contribution in [0.2, 0.25) is 0 Å². The third-order valence-corrected chi connectivity index (χ3v) is 4.44. The lowest BCUT2D eigenvalue weighted by Gasteiger charge is -2.11. The SMILES string of the molecule is O=C(NC1CCOC1)c1cnc(-c2cncc(Oc3ncccc3OCCF)c2)nc1. The molecule has 10 heteroatoms. The van der Waals surface area contributed by atoms with Crippen molar-refractivity contribution in [3.05, 3.63) is 54.7 Å². The minimum Gasteiger partial charge on any atom is -0.485 e. The first-order chi connectivity index (χ1) is 15.2. The van der Waals surface area contributed by atoms with Gasteiger partial charge in [-0.3, -0.25) is 9.78 Å². The maximum Gasteiger partial charge on any atom is 0.262 e. The summed E-state index contributed by atoms with van der Waals surface area (Å²) in [6, 6.07) is 5.00. The first-order valence-electron chi connectivity index (χ1n) is 9.70. The lowest BCUT2D eigenvalue weighted by Crippen LogP contribution is -2.35. The molecule has 0 bridgehead atoms. The number of ether oxygens (including phenoxy) is 3. The Morgan fingerprint density at radius 1 is 1.23 bits per heavy atom. The number of nitrogens with zero attached hydrogens (tertiary/aromatic N) is 4. The second-order valence-electron chi connectivity index (χ2n) is 6.68. The van der Waals surface area contributed by atoms with Crippen molar-refractivity contribution < 1.29 is 23.4 Å². The van der Waals surface area contributed by atoms with Crippen molar-refractivity contribution in [2.45, 2.75) is 12.5 Å². The van der Waals surface area contributed by atoms with Gasteiger partial charge >= 0.3 is 0 Å². The van der Waals surface area contributed by atoms with E-state index < -0.39 is 6.67 Å². The van der Waals surface area contributed by atoms with Gasteiger partial charge < -0.3 is 19.5 Å².